The fourth-order valence-electron chi connectivity index (χ4n) is 6.34. The van der Waals surface area contributed by atoms with Gasteiger partial charge in [0.15, 0.2) is 12.6 Å². The minimum atomic E-state index is -1.12. The molecule has 3 saturated heterocycles. The number of allylic oxidation sites excluding steroid dienone is 1. The second-order valence-electron chi connectivity index (χ2n) is 8.13. The van der Waals surface area contributed by atoms with E-state index in [4.69, 9.17) is 18.6 Å². The molecule has 1 aromatic heterocycles. The van der Waals surface area contributed by atoms with E-state index in [9.17, 15) is 9.90 Å². The third-order valence-electron chi connectivity index (χ3n) is 7.37. The van der Waals surface area contributed by atoms with Gasteiger partial charge in [-0.1, -0.05) is 18.2 Å². The van der Waals surface area contributed by atoms with Crippen LogP contribution < -0.4 is 0 Å². The van der Waals surface area contributed by atoms with Gasteiger partial charge in [0.2, 0.25) is 0 Å². The van der Waals surface area contributed by atoms with E-state index in [1.165, 1.54) is 0 Å². The van der Waals surface area contributed by atoms with Crippen molar-refractivity contribution in [2.24, 2.45) is 16.7 Å². The lowest BCUT2D eigenvalue weighted by molar-refractivity contribution is -0.348. The molecule has 1 N–H and O–H groups in total. The van der Waals surface area contributed by atoms with Crippen molar-refractivity contribution in [1.29, 1.82) is 0 Å². The highest BCUT2D eigenvalue weighted by molar-refractivity contribution is 5.93. The average Bonchev–Trinajstić information content (AvgIpc) is 3.32. The monoisotopic (exact) mass is 356 g/mol. The maximum absolute atomic E-state index is 12.5. The van der Waals surface area contributed by atoms with Crippen LogP contribution in [0.3, 0.4) is 0 Å². The van der Waals surface area contributed by atoms with Crippen molar-refractivity contribution < 1.29 is 28.5 Å². The Morgan fingerprint density at radius 1 is 1.31 bits per heavy atom. The van der Waals surface area contributed by atoms with E-state index in [1.54, 1.807) is 12.5 Å². The molecule has 6 rings (SSSR count). The molecule has 6 nitrogen and oxygen atoms in total. The Morgan fingerprint density at radius 2 is 2.19 bits per heavy atom. The summed E-state index contributed by atoms with van der Waals surface area (Å²) in [6.45, 7) is 4.36. The quantitative estimate of drug-likeness (QED) is 0.616. The molecule has 2 bridgehead atoms. The third-order valence-corrected chi connectivity index (χ3v) is 7.37. The molecule has 7 atom stereocenters. The Morgan fingerprint density at radius 3 is 3.00 bits per heavy atom. The zero-order chi connectivity index (χ0) is 17.7. The van der Waals surface area contributed by atoms with Gasteiger partial charge in [-0.25, -0.2) is 4.79 Å². The fraction of sp³-hybridized carbons (Fsp3) is 0.550. The second-order valence-corrected chi connectivity index (χ2v) is 8.13. The molecule has 2 spiro atoms. The van der Waals surface area contributed by atoms with Crippen molar-refractivity contribution in [3.63, 3.8) is 0 Å². The fourth-order valence-corrected chi connectivity index (χ4v) is 6.34. The highest BCUT2D eigenvalue weighted by Gasteiger charge is 2.77. The van der Waals surface area contributed by atoms with Crippen LogP contribution in [0, 0.1) is 16.7 Å². The van der Waals surface area contributed by atoms with Crippen LogP contribution in [-0.4, -0.2) is 29.8 Å². The maximum Gasteiger partial charge on any atom is 0.334 e. The van der Waals surface area contributed by atoms with Gasteiger partial charge in [-0.05, 0) is 31.2 Å². The molecule has 26 heavy (non-hydrogen) atoms. The van der Waals surface area contributed by atoms with E-state index in [0.717, 1.165) is 24.0 Å². The Kier molecular flexibility index (Phi) is 2.74. The molecule has 1 aromatic rings. The SMILES string of the molecule is C=C1CC2OC(=O)C3=CCCC4C15CC(c1ccoc1)OC5OC(O)C324. The van der Waals surface area contributed by atoms with Crippen LogP contribution in [0.1, 0.15) is 37.4 Å². The smallest absolute Gasteiger partial charge is 0.334 e. The van der Waals surface area contributed by atoms with Crippen LogP contribution in [0.2, 0.25) is 0 Å². The van der Waals surface area contributed by atoms with Gasteiger partial charge in [0.1, 0.15) is 6.10 Å². The van der Waals surface area contributed by atoms with Crippen molar-refractivity contribution in [1.82, 2.24) is 0 Å². The molecule has 5 aliphatic rings. The van der Waals surface area contributed by atoms with Gasteiger partial charge in [0.25, 0.3) is 0 Å². The lowest BCUT2D eigenvalue weighted by atomic mass is 9.45. The van der Waals surface area contributed by atoms with Crippen molar-refractivity contribution in [2.45, 2.75) is 50.5 Å². The third kappa shape index (κ3) is 1.46. The number of rotatable bonds is 1. The number of carbonyl (C=O) groups is 1. The standard InChI is InChI=1S/C20H20O6/c1-10-7-15-20-12(16(21)25-15)3-2-4-14(20)19(10)8-13(11-5-6-23-9-11)24-18(19)26-17(20)22/h3,5-6,9,13-15,17-18,22H,1-2,4,7-8H2. The maximum atomic E-state index is 12.5. The molecular formula is C20H20O6. The van der Waals surface area contributed by atoms with Gasteiger partial charge in [0.05, 0.1) is 24.0 Å². The highest BCUT2D eigenvalue weighted by Crippen LogP contribution is 2.73. The topological polar surface area (TPSA) is 78.1 Å². The summed E-state index contributed by atoms with van der Waals surface area (Å²) in [5.74, 6) is -0.311. The zero-order valence-electron chi connectivity index (χ0n) is 14.2. The molecule has 4 heterocycles. The summed E-state index contributed by atoms with van der Waals surface area (Å²) in [6, 6.07) is 1.90. The van der Waals surface area contributed by atoms with Crippen molar-refractivity contribution in [2.75, 3.05) is 0 Å². The van der Waals surface area contributed by atoms with E-state index >= 15 is 0 Å². The first-order chi connectivity index (χ1) is 12.6. The van der Waals surface area contributed by atoms with E-state index < -0.39 is 29.5 Å². The number of hydrogen-bond acceptors (Lipinski definition) is 6. The Hall–Kier alpha value is -1.89. The first-order valence-corrected chi connectivity index (χ1v) is 9.19. The first kappa shape index (κ1) is 15.2. The number of furan rings is 1. The summed E-state index contributed by atoms with van der Waals surface area (Å²) in [5.41, 5.74) is 1.32. The molecule has 7 unspecified atom stereocenters. The van der Waals surface area contributed by atoms with Crippen LogP contribution in [-0.2, 0) is 19.0 Å². The second kappa shape index (κ2) is 4.68. The van der Waals surface area contributed by atoms with Gasteiger partial charge in [-0.2, -0.15) is 0 Å². The minimum Gasteiger partial charge on any atom is -0.472 e. The predicted molar refractivity (Wildman–Crippen MR) is 87.3 cm³/mol. The van der Waals surface area contributed by atoms with Gasteiger partial charge < -0.3 is 23.7 Å². The molecule has 136 valence electrons. The summed E-state index contributed by atoms with van der Waals surface area (Å²) in [4.78, 5) is 12.5. The average molecular weight is 356 g/mol. The summed E-state index contributed by atoms with van der Waals surface area (Å²) >= 11 is 0. The lowest BCUT2D eigenvalue weighted by Gasteiger charge is -2.62. The molecule has 4 fully saturated rings. The Balaban J connectivity index is 1.53. The molecule has 0 amide bonds. The van der Waals surface area contributed by atoms with E-state index in [0.29, 0.717) is 18.4 Å². The molecule has 6 heteroatoms. The van der Waals surface area contributed by atoms with Crippen LogP contribution in [0.4, 0.5) is 0 Å². The van der Waals surface area contributed by atoms with Gasteiger partial charge in [-0.15, -0.1) is 0 Å². The molecule has 1 saturated carbocycles. The van der Waals surface area contributed by atoms with Gasteiger partial charge in [-0.3, -0.25) is 0 Å². The van der Waals surface area contributed by atoms with Gasteiger partial charge >= 0.3 is 5.97 Å². The number of ether oxygens (including phenoxy) is 3. The Labute approximate surface area is 150 Å². The van der Waals surface area contributed by atoms with E-state index in [2.05, 4.69) is 6.58 Å². The number of hydrogen-bond donors (Lipinski definition) is 1. The van der Waals surface area contributed by atoms with Crippen molar-refractivity contribution >= 4 is 5.97 Å². The van der Waals surface area contributed by atoms with Crippen molar-refractivity contribution in [3.8, 4) is 0 Å². The molecule has 2 aliphatic carbocycles. The first-order valence-electron chi connectivity index (χ1n) is 9.19. The van der Waals surface area contributed by atoms with E-state index in [-0.39, 0.29) is 18.0 Å². The highest BCUT2D eigenvalue weighted by atomic mass is 16.7. The minimum absolute atomic E-state index is 0.0124. The largest absolute Gasteiger partial charge is 0.472 e. The van der Waals surface area contributed by atoms with Crippen LogP contribution >= 0.6 is 0 Å². The number of aliphatic hydroxyl groups excluding tert-OH is 1. The molecule has 3 aliphatic heterocycles. The number of esters is 1. The zero-order valence-corrected chi connectivity index (χ0v) is 14.2. The normalized spacial score (nSPS) is 48.7. The summed E-state index contributed by atoms with van der Waals surface area (Å²) in [6.07, 6.45) is 5.86. The predicted octanol–water partition coefficient (Wildman–Crippen LogP) is 2.61. The molecule has 0 aromatic carbocycles. The summed E-state index contributed by atoms with van der Waals surface area (Å²) in [5, 5.41) is 11.0. The van der Waals surface area contributed by atoms with Crippen molar-refractivity contribution in [3.05, 3.63) is 48.0 Å². The van der Waals surface area contributed by atoms with Crippen LogP contribution in [0.15, 0.2) is 46.8 Å². The number of carbonyl (C=O) groups excluding carboxylic acids is 1. The Bertz CT molecular complexity index is 840. The van der Waals surface area contributed by atoms with Crippen LogP contribution in [0.25, 0.3) is 0 Å². The number of aliphatic hydroxyl groups is 1. The van der Waals surface area contributed by atoms with Gasteiger partial charge in [0, 0.05) is 23.0 Å². The van der Waals surface area contributed by atoms with Crippen LogP contribution in [0.5, 0.6) is 0 Å². The molecular weight excluding hydrogens is 336 g/mol. The lowest BCUT2D eigenvalue weighted by Crippen LogP contribution is -2.67. The molecule has 0 radical (unpaired) electrons. The summed E-state index contributed by atoms with van der Waals surface area (Å²) in [7, 11) is 0. The van der Waals surface area contributed by atoms with E-state index in [1.807, 2.05) is 12.1 Å². The summed E-state index contributed by atoms with van der Waals surface area (Å²) < 4.78 is 23.2.